The Hall–Kier alpha value is -2.92. The highest BCUT2D eigenvalue weighted by atomic mass is 32.1. The van der Waals surface area contributed by atoms with Crippen molar-refractivity contribution in [2.24, 2.45) is 0 Å². The van der Waals surface area contributed by atoms with Crippen LogP contribution < -0.4 is 5.32 Å². The summed E-state index contributed by atoms with van der Waals surface area (Å²) < 4.78 is 1.91. The molecule has 0 aliphatic heterocycles. The molecule has 0 spiro atoms. The number of hydrogen-bond acceptors (Lipinski definition) is 3. The van der Waals surface area contributed by atoms with E-state index in [2.05, 4.69) is 10.4 Å². The monoisotopic (exact) mass is 361 g/mol. The lowest BCUT2D eigenvalue weighted by atomic mass is 10.1. The Kier molecular flexibility index (Phi) is 4.09. The van der Waals surface area contributed by atoms with Gasteiger partial charge in [-0.05, 0) is 50.1 Å². The van der Waals surface area contributed by atoms with Gasteiger partial charge in [-0.1, -0.05) is 36.4 Å². The van der Waals surface area contributed by atoms with Crippen LogP contribution in [0.5, 0.6) is 0 Å². The normalized spacial score (nSPS) is 11.0. The summed E-state index contributed by atoms with van der Waals surface area (Å²) in [5.74, 6) is -0.0809. The molecule has 4 nitrogen and oxygen atoms in total. The highest BCUT2D eigenvalue weighted by molar-refractivity contribution is 7.20. The molecule has 4 rings (SSSR count). The zero-order valence-corrected chi connectivity index (χ0v) is 15.7. The molecule has 130 valence electrons. The minimum absolute atomic E-state index is 0.0809. The molecule has 1 amide bonds. The molecule has 4 aromatic rings. The van der Waals surface area contributed by atoms with Crippen LogP contribution in [0.2, 0.25) is 0 Å². The third-order valence-electron chi connectivity index (χ3n) is 4.49. The number of benzene rings is 2. The van der Waals surface area contributed by atoms with Gasteiger partial charge in [-0.3, -0.25) is 4.79 Å². The minimum Gasteiger partial charge on any atom is -0.321 e. The quantitative estimate of drug-likeness (QED) is 0.541. The summed E-state index contributed by atoms with van der Waals surface area (Å²) in [6, 6.07) is 17.9. The predicted molar refractivity (Wildman–Crippen MR) is 108 cm³/mol. The Morgan fingerprint density at radius 2 is 1.69 bits per heavy atom. The van der Waals surface area contributed by atoms with Crippen LogP contribution in [0.25, 0.3) is 15.9 Å². The van der Waals surface area contributed by atoms with Crippen molar-refractivity contribution in [3.63, 3.8) is 0 Å². The van der Waals surface area contributed by atoms with Crippen LogP contribution in [-0.2, 0) is 0 Å². The van der Waals surface area contributed by atoms with Gasteiger partial charge in [-0.25, -0.2) is 4.68 Å². The molecule has 0 saturated heterocycles. The molecule has 0 aliphatic carbocycles. The molecule has 0 saturated carbocycles. The topological polar surface area (TPSA) is 46.9 Å². The molecule has 2 heterocycles. The molecule has 0 radical (unpaired) electrons. The fourth-order valence-corrected chi connectivity index (χ4v) is 4.17. The number of amides is 1. The standard InChI is InChI=1S/C21H19N3OS/c1-13-8-7-9-14(2)19(13)22-20(25)18-12-17-15(3)23-24(21(17)26-18)16-10-5-4-6-11-16/h4-12H,1-3H3,(H,22,25). The zero-order chi connectivity index (χ0) is 18.3. The van der Waals surface area contributed by atoms with E-state index >= 15 is 0 Å². The number of hydrogen-bond donors (Lipinski definition) is 1. The number of nitrogens with one attached hydrogen (secondary N) is 1. The van der Waals surface area contributed by atoms with Crippen molar-refractivity contribution in [3.05, 3.63) is 76.3 Å². The van der Waals surface area contributed by atoms with Crippen LogP contribution in [0.1, 0.15) is 26.5 Å². The van der Waals surface area contributed by atoms with Gasteiger partial charge in [0, 0.05) is 11.1 Å². The first kappa shape index (κ1) is 16.5. The first-order valence-corrected chi connectivity index (χ1v) is 9.28. The Labute approximate surface area is 156 Å². The third-order valence-corrected chi connectivity index (χ3v) is 5.60. The fourth-order valence-electron chi connectivity index (χ4n) is 3.09. The fraction of sp³-hybridized carbons (Fsp3) is 0.143. The number of aromatic nitrogens is 2. The van der Waals surface area contributed by atoms with Crippen molar-refractivity contribution in [1.29, 1.82) is 0 Å². The zero-order valence-electron chi connectivity index (χ0n) is 14.9. The van der Waals surface area contributed by atoms with E-state index < -0.39 is 0 Å². The van der Waals surface area contributed by atoms with Crippen molar-refractivity contribution in [3.8, 4) is 5.69 Å². The van der Waals surface area contributed by atoms with Crippen LogP contribution >= 0.6 is 11.3 Å². The van der Waals surface area contributed by atoms with Gasteiger partial charge in [0.1, 0.15) is 4.83 Å². The number of carbonyl (C=O) groups excluding carboxylic acids is 1. The molecule has 1 N–H and O–H groups in total. The molecule has 0 fully saturated rings. The number of nitrogens with zero attached hydrogens (tertiary/aromatic N) is 2. The van der Waals surface area contributed by atoms with Gasteiger partial charge in [0.05, 0.1) is 16.3 Å². The summed E-state index contributed by atoms with van der Waals surface area (Å²) in [5.41, 5.74) is 4.92. The van der Waals surface area contributed by atoms with E-state index in [1.54, 1.807) is 0 Å². The Balaban J connectivity index is 1.73. The second kappa shape index (κ2) is 6.42. The van der Waals surface area contributed by atoms with Crippen molar-refractivity contribution in [1.82, 2.24) is 9.78 Å². The largest absolute Gasteiger partial charge is 0.321 e. The van der Waals surface area contributed by atoms with E-state index in [-0.39, 0.29) is 5.91 Å². The molecule has 0 aliphatic rings. The molecule has 2 aromatic carbocycles. The lowest BCUT2D eigenvalue weighted by Gasteiger charge is -2.10. The molecule has 0 unspecified atom stereocenters. The summed E-state index contributed by atoms with van der Waals surface area (Å²) in [6.07, 6.45) is 0. The summed E-state index contributed by atoms with van der Waals surface area (Å²) >= 11 is 1.47. The molecule has 26 heavy (non-hydrogen) atoms. The summed E-state index contributed by atoms with van der Waals surface area (Å²) in [7, 11) is 0. The number of anilines is 1. The van der Waals surface area contributed by atoms with Gasteiger partial charge in [0.2, 0.25) is 0 Å². The van der Waals surface area contributed by atoms with E-state index in [1.807, 2.05) is 80.1 Å². The lowest BCUT2D eigenvalue weighted by Crippen LogP contribution is -2.12. The van der Waals surface area contributed by atoms with Crippen molar-refractivity contribution in [2.75, 3.05) is 5.32 Å². The number of thiophene rings is 1. The highest BCUT2D eigenvalue weighted by Gasteiger charge is 2.18. The van der Waals surface area contributed by atoms with Crippen LogP contribution in [0, 0.1) is 20.8 Å². The molecule has 0 atom stereocenters. The van der Waals surface area contributed by atoms with Crippen molar-refractivity contribution >= 4 is 33.1 Å². The maximum atomic E-state index is 12.8. The van der Waals surface area contributed by atoms with E-state index in [0.717, 1.165) is 38.4 Å². The van der Waals surface area contributed by atoms with Gasteiger partial charge in [0.15, 0.2) is 0 Å². The van der Waals surface area contributed by atoms with E-state index in [4.69, 9.17) is 0 Å². The Bertz CT molecular complexity index is 1090. The molecular formula is C21H19N3OS. The number of rotatable bonds is 3. The number of carbonyl (C=O) groups is 1. The van der Waals surface area contributed by atoms with Crippen LogP contribution in [0.15, 0.2) is 54.6 Å². The molecule has 0 bridgehead atoms. The van der Waals surface area contributed by atoms with Crippen LogP contribution in [0.4, 0.5) is 5.69 Å². The van der Waals surface area contributed by atoms with Crippen molar-refractivity contribution < 1.29 is 4.79 Å². The highest BCUT2D eigenvalue weighted by Crippen LogP contribution is 2.31. The molecule has 2 aromatic heterocycles. The second-order valence-corrected chi connectivity index (χ2v) is 7.41. The Morgan fingerprint density at radius 3 is 2.38 bits per heavy atom. The van der Waals surface area contributed by atoms with Crippen LogP contribution in [0.3, 0.4) is 0 Å². The lowest BCUT2D eigenvalue weighted by molar-refractivity contribution is 0.103. The van der Waals surface area contributed by atoms with Gasteiger partial charge >= 0.3 is 0 Å². The maximum Gasteiger partial charge on any atom is 0.265 e. The van der Waals surface area contributed by atoms with Gasteiger partial charge in [-0.15, -0.1) is 11.3 Å². The second-order valence-electron chi connectivity index (χ2n) is 6.38. The summed E-state index contributed by atoms with van der Waals surface area (Å²) in [6.45, 7) is 5.98. The number of fused-ring (bicyclic) bond motifs is 1. The summed E-state index contributed by atoms with van der Waals surface area (Å²) in [5, 5.41) is 8.71. The van der Waals surface area contributed by atoms with Crippen LogP contribution in [-0.4, -0.2) is 15.7 Å². The van der Waals surface area contributed by atoms with E-state index in [1.165, 1.54) is 11.3 Å². The first-order chi connectivity index (χ1) is 12.5. The van der Waals surface area contributed by atoms with Gasteiger partial charge in [0.25, 0.3) is 5.91 Å². The average Bonchev–Trinajstić information content (AvgIpc) is 3.20. The molecular weight excluding hydrogens is 342 g/mol. The van der Waals surface area contributed by atoms with Gasteiger partial charge in [-0.2, -0.15) is 5.10 Å². The SMILES string of the molecule is Cc1cccc(C)c1NC(=O)c1cc2c(C)nn(-c3ccccc3)c2s1. The minimum atomic E-state index is -0.0809. The van der Waals surface area contributed by atoms with E-state index in [0.29, 0.717) is 4.88 Å². The Morgan fingerprint density at radius 1 is 1.00 bits per heavy atom. The predicted octanol–water partition coefficient (Wildman–Crippen LogP) is 5.26. The molecule has 5 heteroatoms. The number of para-hydroxylation sites is 2. The summed E-state index contributed by atoms with van der Waals surface area (Å²) in [4.78, 5) is 14.5. The van der Waals surface area contributed by atoms with E-state index in [9.17, 15) is 4.79 Å². The first-order valence-electron chi connectivity index (χ1n) is 8.47. The smallest absolute Gasteiger partial charge is 0.265 e. The maximum absolute atomic E-state index is 12.8. The average molecular weight is 361 g/mol. The number of aryl methyl sites for hydroxylation is 3. The van der Waals surface area contributed by atoms with Crippen molar-refractivity contribution in [2.45, 2.75) is 20.8 Å². The van der Waals surface area contributed by atoms with Gasteiger partial charge < -0.3 is 5.32 Å². The third kappa shape index (κ3) is 2.80.